The van der Waals surface area contributed by atoms with Crippen LogP contribution in [0.15, 0.2) is 33.1 Å². The Hall–Kier alpha value is -1.36. The van der Waals surface area contributed by atoms with E-state index in [2.05, 4.69) is 25.6 Å². The number of carboxylic acids is 1. The maximum atomic E-state index is 14.0. The Bertz CT molecular complexity index is 778. The van der Waals surface area contributed by atoms with Crippen molar-refractivity contribution in [1.82, 2.24) is 9.71 Å². The zero-order valence-corrected chi connectivity index (χ0v) is 13.4. The smallest absolute Gasteiger partial charge is 0.338 e. The summed E-state index contributed by atoms with van der Waals surface area (Å²) in [6.45, 7) is -0.103. The Kier molecular flexibility index (Phi) is 4.71. The highest BCUT2D eigenvalue weighted by Crippen LogP contribution is 2.24. The molecule has 2 rings (SSSR count). The number of hydrogen-bond acceptors (Lipinski definition) is 5. The number of benzene rings is 1. The number of thiazole rings is 1. The van der Waals surface area contributed by atoms with Crippen molar-refractivity contribution in [2.45, 2.75) is 11.4 Å². The maximum Gasteiger partial charge on any atom is 0.338 e. The van der Waals surface area contributed by atoms with Crippen molar-refractivity contribution in [2.24, 2.45) is 0 Å². The van der Waals surface area contributed by atoms with Gasteiger partial charge in [-0.15, -0.1) is 11.3 Å². The average molecular weight is 395 g/mol. The first-order valence-electron chi connectivity index (χ1n) is 5.41. The Morgan fingerprint density at radius 2 is 2.19 bits per heavy atom. The average Bonchev–Trinajstić information content (AvgIpc) is 2.91. The number of halogens is 2. The normalized spacial score (nSPS) is 11.5. The molecule has 0 atom stereocenters. The molecular formula is C11H8BrFN2O4S2. The standard InChI is InChI=1S/C11H8BrFN2O4S2/c12-6-3-7(11(16)17)10(13)8(4-6)21(18,19)15-5-9-14-1-2-20-9/h1-4,15H,5H2,(H,16,17). The number of nitrogens with zero attached hydrogens (tertiary/aromatic N) is 1. The molecule has 1 heterocycles. The minimum atomic E-state index is -4.20. The van der Waals surface area contributed by atoms with Gasteiger partial charge in [-0.25, -0.2) is 27.3 Å². The molecule has 1 aromatic carbocycles. The van der Waals surface area contributed by atoms with Crippen molar-refractivity contribution in [2.75, 3.05) is 0 Å². The van der Waals surface area contributed by atoms with Crippen molar-refractivity contribution in [3.8, 4) is 0 Å². The predicted octanol–water partition coefficient (Wildman–Crippen LogP) is 2.22. The van der Waals surface area contributed by atoms with Gasteiger partial charge in [-0.2, -0.15) is 0 Å². The highest BCUT2D eigenvalue weighted by molar-refractivity contribution is 9.10. The van der Waals surface area contributed by atoms with Crippen LogP contribution in [0.2, 0.25) is 0 Å². The molecule has 112 valence electrons. The lowest BCUT2D eigenvalue weighted by Gasteiger charge is -2.09. The van der Waals surface area contributed by atoms with Crippen LogP contribution in [0.3, 0.4) is 0 Å². The van der Waals surface area contributed by atoms with Crippen molar-refractivity contribution >= 4 is 43.3 Å². The van der Waals surface area contributed by atoms with E-state index in [9.17, 15) is 17.6 Å². The van der Waals surface area contributed by atoms with E-state index in [1.807, 2.05) is 0 Å². The molecular weight excluding hydrogens is 387 g/mol. The molecule has 0 amide bonds. The van der Waals surface area contributed by atoms with Crippen molar-refractivity contribution in [3.63, 3.8) is 0 Å². The third-order valence-corrected chi connectivity index (χ3v) is 5.06. The van der Waals surface area contributed by atoms with Gasteiger partial charge in [0.05, 0.1) is 12.1 Å². The largest absolute Gasteiger partial charge is 0.478 e. The molecule has 2 N–H and O–H groups in total. The van der Waals surface area contributed by atoms with E-state index in [1.54, 1.807) is 5.38 Å². The molecule has 1 aromatic heterocycles. The lowest BCUT2D eigenvalue weighted by Crippen LogP contribution is -2.25. The third-order valence-electron chi connectivity index (χ3n) is 2.42. The Morgan fingerprint density at radius 3 is 2.76 bits per heavy atom. The molecule has 0 bridgehead atoms. The monoisotopic (exact) mass is 394 g/mol. The summed E-state index contributed by atoms with van der Waals surface area (Å²) in [7, 11) is -4.20. The lowest BCUT2D eigenvalue weighted by molar-refractivity contribution is 0.0691. The fourth-order valence-electron chi connectivity index (χ4n) is 1.49. The van der Waals surface area contributed by atoms with Crippen LogP contribution >= 0.6 is 27.3 Å². The number of rotatable bonds is 5. The molecule has 0 spiro atoms. The van der Waals surface area contributed by atoms with Crippen LogP contribution in [0.25, 0.3) is 0 Å². The van der Waals surface area contributed by atoms with Gasteiger partial charge < -0.3 is 5.11 Å². The summed E-state index contributed by atoms with van der Waals surface area (Å²) < 4.78 is 40.5. The third kappa shape index (κ3) is 3.64. The van der Waals surface area contributed by atoms with Gasteiger partial charge in [0, 0.05) is 16.0 Å². The van der Waals surface area contributed by atoms with Gasteiger partial charge in [0.1, 0.15) is 9.90 Å². The second kappa shape index (κ2) is 6.18. The van der Waals surface area contributed by atoms with Crippen LogP contribution < -0.4 is 4.72 Å². The SMILES string of the molecule is O=C(O)c1cc(Br)cc(S(=O)(=O)NCc2nccs2)c1F. The van der Waals surface area contributed by atoms with Crippen LogP contribution in [0, 0.1) is 5.82 Å². The maximum absolute atomic E-state index is 14.0. The summed E-state index contributed by atoms with van der Waals surface area (Å²) in [5.74, 6) is -2.86. The molecule has 21 heavy (non-hydrogen) atoms. The van der Waals surface area contributed by atoms with Gasteiger partial charge >= 0.3 is 5.97 Å². The van der Waals surface area contributed by atoms with Gasteiger partial charge in [-0.1, -0.05) is 15.9 Å². The first-order chi connectivity index (χ1) is 9.81. The molecule has 10 heteroatoms. The number of aromatic nitrogens is 1. The molecule has 0 aliphatic heterocycles. The van der Waals surface area contributed by atoms with Crippen LogP contribution in [0.5, 0.6) is 0 Å². The van der Waals surface area contributed by atoms with Crippen molar-refractivity contribution in [1.29, 1.82) is 0 Å². The van der Waals surface area contributed by atoms with Gasteiger partial charge in [0.2, 0.25) is 10.0 Å². The van der Waals surface area contributed by atoms with Gasteiger partial charge in [0.25, 0.3) is 0 Å². The summed E-state index contributed by atoms with van der Waals surface area (Å²) in [5, 5.41) is 11.1. The zero-order chi connectivity index (χ0) is 15.6. The summed E-state index contributed by atoms with van der Waals surface area (Å²) >= 11 is 4.20. The van der Waals surface area contributed by atoms with Crippen LogP contribution in [-0.2, 0) is 16.6 Å². The van der Waals surface area contributed by atoms with Crippen molar-refractivity contribution in [3.05, 3.63) is 44.6 Å². The number of nitrogens with one attached hydrogen (secondary N) is 1. The molecule has 0 fully saturated rings. The molecule has 0 aliphatic carbocycles. The summed E-state index contributed by atoms with van der Waals surface area (Å²) in [6.07, 6.45) is 1.51. The Morgan fingerprint density at radius 1 is 1.48 bits per heavy atom. The fraction of sp³-hybridized carbons (Fsp3) is 0.0909. The molecule has 0 saturated heterocycles. The highest BCUT2D eigenvalue weighted by atomic mass is 79.9. The van der Waals surface area contributed by atoms with E-state index in [0.717, 1.165) is 12.1 Å². The van der Waals surface area contributed by atoms with E-state index in [0.29, 0.717) is 5.01 Å². The van der Waals surface area contributed by atoms with Crippen LogP contribution in [0.4, 0.5) is 4.39 Å². The molecule has 0 aliphatic rings. The fourth-order valence-corrected chi connectivity index (χ4v) is 3.86. The summed E-state index contributed by atoms with van der Waals surface area (Å²) in [5.41, 5.74) is -0.723. The summed E-state index contributed by atoms with van der Waals surface area (Å²) in [6, 6.07) is 2.00. The van der Waals surface area contributed by atoms with E-state index in [-0.39, 0.29) is 11.0 Å². The van der Waals surface area contributed by atoms with E-state index < -0.39 is 32.3 Å². The van der Waals surface area contributed by atoms with Crippen molar-refractivity contribution < 1.29 is 22.7 Å². The van der Waals surface area contributed by atoms with E-state index in [1.165, 1.54) is 17.5 Å². The zero-order valence-electron chi connectivity index (χ0n) is 10.2. The second-order valence-corrected chi connectivity index (χ2v) is 7.45. The number of aromatic carboxylic acids is 1. The highest BCUT2D eigenvalue weighted by Gasteiger charge is 2.25. The Labute approximate surface area is 131 Å². The van der Waals surface area contributed by atoms with Crippen LogP contribution in [0.1, 0.15) is 15.4 Å². The molecule has 6 nitrogen and oxygen atoms in total. The molecule has 0 unspecified atom stereocenters. The molecule has 0 saturated carbocycles. The summed E-state index contributed by atoms with van der Waals surface area (Å²) in [4.78, 5) is 14.1. The van der Waals surface area contributed by atoms with Gasteiger partial charge in [-0.3, -0.25) is 0 Å². The van der Waals surface area contributed by atoms with Crippen LogP contribution in [-0.4, -0.2) is 24.5 Å². The van der Waals surface area contributed by atoms with Gasteiger partial charge in [-0.05, 0) is 12.1 Å². The number of carboxylic acid groups (broad SMARTS) is 1. The molecule has 0 radical (unpaired) electrons. The first-order valence-corrected chi connectivity index (χ1v) is 8.57. The number of sulfonamides is 1. The van der Waals surface area contributed by atoms with E-state index >= 15 is 0 Å². The first kappa shape index (κ1) is 16.0. The number of hydrogen-bond donors (Lipinski definition) is 2. The van der Waals surface area contributed by atoms with E-state index in [4.69, 9.17) is 5.11 Å². The van der Waals surface area contributed by atoms with Gasteiger partial charge in [0.15, 0.2) is 5.82 Å². The minimum Gasteiger partial charge on any atom is -0.478 e. The second-order valence-electron chi connectivity index (χ2n) is 3.82. The quantitative estimate of drug-likeness (QED) is 0.810. The lowest BCUT2D eigenvalue weighted by atomic mass is 10.2. The minimum absolute atomic E-state index is 0.103. The Balaban J connectivity index is 2.37. The topological polar surface area (TPSA) is 96.4 Å². The molecule has 2 aromatic rings. The number of carbonyl (C=O) groups is 1. The predicted molar refractivity (Wildman–Crippen MR) is 77.2 cm³/mol.